The number of piperidine rings is 1. The van der Waals surface area contributed by atoms with Crippen LogP contribution in [0.1, 0.15) is 12.8 Å². The molecule has 0 aliphatic carbocycles. The number of benzene rings is 1. The monoisotopic (exact) mass is 266 g/mol. The van der Waals surface area contributed by atoms with Gasteiger partial charge in [-0.1, -0.05) is 12.1 Å². The number of rotatable bonds is 4. The van der Waals surface area contributed by atoms with Gasteiger partial charge < -0.3 is 15.0 Å². The summed E-state index contributed by atoms with van der Waals surface area (Å²) in [6.45, 7) is 1.73. The third-order valence-electron chi connectivity index (χ3n) is 3.44. The van der Waals surface area contributed by atoms with Gasteiger partial charge in [0.1, 0.15) is 0 Å². The van der Waals surface area contributed by atoms with E-state index in [-0.39, 0.29) is 24.3 Å². The van der Waals surface area contributed by atoms with Crippen LogP contribution < -0.4 is 10.1 Å². The number of para-hydroxylation sites is 1. The first kappa shape index (κ1) is 13.8. The minimum atomic E-state index is -0.445. The maximum Gasteiger partial charge on any atom is 0.260 e. The molecule has 0 unspecified atom stereocenters. The van der Waals surface area contributed by atoms with E-state index in [0.717, 1.165) is 25.9 Å². The molecular formula is C14H19FN2O2. The van der Waals surface area contributed by atoms with Crippen LogP contribution in [0.3, 0.4) is 0 Å². The zero-order valence-electron chi connectivity index (χ0n) is 11.1. The van der Waals surface area contributed by atoms with Gasteiger partial charge in [0.05, 0.1) is 0 Å². The van der Waals surface area contributed by atoms with E-state index in [9.17, 15) is 9.18 Å². The minimum Gasteiger partial charge on any atom is -0.481 e. The number of likely N-dealkylation sites (N-methyl/N-ethyl adjacent to an activating group) is 1. The van der Waals surface area contributed by atoms with Gasteiger partial charge in [0.2, 0.25) is 0 Å². The van der Waals surface area contributed by atoms with Crippen LogP contribution in [0.5, 0.6) is 5.75 Å². The van der Waals surface area contributed by atoms with Gasteiger partial charge in [-0.25, -0.2) is 4.39 Å². The molecule has 1 amide bonds. The number of carbonyl (C=O) groups excluding carboxylic acids is 1. The molecule has 1 aliphatic heterocycles. The quantitative estimate of drug-likeness (QED) is 0.896. The Hall–Kier alpha value is -1.62. The molecule has 0 aromatic heterocycles. The van der Waals surface area contributed by atoms with Gasteiger partial charge in [-0.2, -0.15) is 0 Å². The molecule has 0 bridgehead atoms. The van der Waals surface area contributed by atoms with Crippen LogP contribution in [0.25, 0.3) is 0 Å². The lowest BCUT2D eigenvalue weighted by Crippen LogP contribution is -2.45. The molecule has 0 saturated carbocycles. The molecule has 4 nitrogen and oxygen atoms in total. The zero-order chi connectivity index (χ0) is 13.7. The van der Waals surface area contributed by atoms with Crippen LogP contribution >= 0.6 is 0 Å². The van der Waals surface area contributed by atoms with Crippen molar-refractivity contribution in [3.05, 3.63) is 30.1 Å². The number of carbonyl (C=O) groups is 1. The Morgan fingerprint density at radius 2 is 2.11 bits per heavy atom. The van der Waals surface area contributed by atoms with Crippen molar-refractivity contribution in [1.82, 2.24) is 10.2 Å². The topological polar surface area (TPSA) is 41.6 Å². The normalized spacial score (nSPS) is 16.1. The molecule has 0 spiro atoms. The number of nitrogens with one attached hydrogen (secondary N) is 1. The van der Waals surface area contributed by atoms with Gasteiger partial charge in [0.15, 0.2) is 18.2 Å². The third-order valence-corrected chi connectivity index (χ3v) is 3.44. The lowest BCUT2D eigenvalue weighted by atomic mass is 10.1. The maximum atomic E-state index is 13.3. The predicted octanol–water partition coefficient (Wildman–Crippen LogP) is 1.41. The summed E-state index contributed by atoms with van der Waals surface area (Å²) in [5, 5.41) is 3.26. The Labute approximate surface area is 112 Å². The number of ether oxygens (including phenoxy) is 1. The smallest absolute Gasteiger partial charge is 0.260 e. The molecule has 1 aromatic rings. The molecule has 104 valence electrons. The lowest BCUT2D eigenvalue weighted by Gasteiger charge is -2.31. The summed E-state index contributed by atoms with van der Waals surface area (Å²) in [4.78, 5) is 13.7. The Bertz CT molecular complexity index is 433. The van der Waals surface area contributed by atoms with E-state index in [1.54, 1.807) is 24.1 Å². The molecule has 1 aliphatic rings. The third kappa shape index (κ3) is 3.67. The van der Waals surface area contributed by atoms with E-state index >= 15 is 0 Å². The van der Waals surface area contributed by atoms with Gasteiger partial charge in [-0.05, 0) is 38.1 Å². The maximum absolute atomic E-state index is 13.3. The Morgan fingerprint density at radius 1 is 1.42 bits per heavy atom. The van der Waals surface area contributed by atoms with Crippen LogP contribution in [0, 0.1) is 5.82 Å². The highest BCUT2D eigenvalue weighted by molar-refractivity contribution is 5.77. The van der Waals surface area contributed by atoms with E-state index in [2.05, 4.69) is 5.32 Å². The second-order valence-corrected chi connectivity index (χ2v) is 4.70. The van der Waals surface area contributed by atoms with Crippen molar-refractivity contribution in [3.8, 4) is 5.75 Å². The molecule has 5 heteroatoms. The van der Waals surface area contributed by atoms with Crippen LogP contribution in [-0.2, 0) is 4.79 Å². The number of hydrogen-bond acceptors (Lipinski definition) is 3. The summed E-state index contributed by atoms with van der Waals surface area (Å²) in [6.07, 6.45) is 1.89. The fourth-order valence-corrected chi connectivity index (χ4v) is 2.20. The van der Waals surface area contributed by atoms with Crippen molar-refractivity contribution in [2.24, 2.45) is 0 Å². The summed E-state index contributed by atoms with van der Waals surface area (Å²) < 4.78 is 18.6. The van der Waals surface area contributed by atoms with Crippen molar-refractivity contribution >= 4 is 5.91 Å². The molecule has 1 aromatic carbocycles. The van der Waals surface area contributed by atoms with Gasteiger partial charge in [0.25, 0.3) is 5.91 Å². The van der Waals surface area contributed by atoms with Crippen molar-refractivity contribution in [2.75, 3.05) is 26.7 Å². The summed E-state index contributed by atoms with van der Waals surface area (Å²) >= 11 is 0. The fraction of sp³-hybridized carbons (Fsp3) is 0.500. The van der Waals surface area contributed by atoms with Crippen molar-refractivity contribution in [2.45, 2.75) is 18.9 Å². The molecule has 19 heavy (non-hydrogen) atoms. The van der Waals surface area contributed by atoms with E-state index < -0.39 is 5.82 Å². The molecule has 2 rings (SSSR count). The average Bonchev–Trinajstić information content (AvgIpc) is 2.46. The highest BCUT2D eigenvalue weighted by atomic mass is 19.1. The summed E-state index contributed by atoms with van der Waals surface area (Å²) in [6, 6.07) is 6.35. The number of nitrogens with zero attached hydrogens (tertiary/aromatic N) is 1. The van der Waals surface area contributed by atoms with E-state index in [4.69, 9.17) is 4.74 Å². The first-order chi connectivity index (χ1) is 9.18. The van der Waals surface area contributed by atoms with Crippen LogP contribution in [-0.4, -0.2) is 43.6 Å². The SMILES string of the molecule is CN(C(=O)COc1ccccc1F)C1CCNCC1. The zero-order valence-corrected chi connectivity index (χ0v) is 11.1. The molecule has 0 atom stereocenters. The highest BCUT2D eigenvalue weighted by Crippen LogP contribution is 2.16. The largest absolute Gasteiger partial charge is 0.481 e. The number of halogens is 1. The molecular weight excluding hydrogens is 247 g/mol. The molecule has 1 fully saturated rings. The first-order valence-corrected chi connectivity index (χ1v) is 6.52. The van der Waals surface area contributed by atoms with Crippen LogP contribution in [0.2, 0.25) is 0 Å². The van der Waals surface area contributed by atoms with Gasteiger partial charge in [-0.3, -0.25) is 4.79 Å². The highest BCUT2D eigenvalue weighted by Gasteiger charge is 2.22. The molecule has 1 saturated heterocycles. The second kappa shape index (κ2) is 6.52. The van der Waals surface area contributed by atoms with Crippen molar-refractivity contribution < 1.29 is 13.9 Å². The second-order valence-electron chi connectivity index (χ2n) is 4.70. The van der Waals surface area contributed by atoms with E-state index in [1.807, 2.05) is 0 Å². The standard InChI is InChI=1S/C14H19FN2O2/c1-17(11-6-8-16-9-7-11)14(18)10-19-13-5-3-2-4-12(13)15/h2-5,11,16H,6-10H2,1H3. The Morgan fingerprint density at radius 3 is 2.79 bits per heavy atom. The predicted molar refractivity (Wildman–Crippen MR) is 70.6 cm³/mol. The minimum absolute atomic E-state index is 0.116. The number of amides is 1. The Balaban J connectivity index is 1.85. The summed E-state index contributed by atoms with van der Waals surface area (Å²) in [5.74, 6) is -0.440. The average molecular weight is 266 g/mol. The summed E-state index contributed by atoms with van der Waals surface area (Å²) in [7, 11) is 1.78. The van der Waals surface area contributed by atoms with Crippen molar-refractivity contribution in [1.29, 1.82) is 0 Å². The van der Waals surface area contributed by atoms with Gasteiger partial charge >= 0.3 is 0 Å². The van der Waals surface area contributed by atoms with Crippen LogP contribution in [0.4, 0.5) is 4.39 Å². The fourth-order valence-electron chi connectivity index (χ4n) is 2.20. The summed E-state index contributed by atoms with van der Waals surface area (Å²) in [5.41, 5.74) is 0. The number of hydrogen-bond donors (Lipinski definition) is 1. The van der Waals surface area contributed by atoms with Gasteiger partial charge in [0, 0.05) is 13.1 Å². The molecule has 1 N–H and O–H groups in total. The first-order valence-electron chi connectivity index (χ1n) is 6.52. The van der Waals surface area contributed by atoms with Gasteiger partial charge in [-0.15, -0.1) is 0 Å². The Kier molecular flexibility index (Phi) is 4.74. The molecule has 1 heterocycles. The van der Waals surface area contributed by atoms with Crippen LogP contribution in [0.15, 0.2) is 24.3 Å². The lowest BCUT2D eigenvalue weighted by molar-refractivity contribution is -0.134. The van der Waals surface area contributed by atoms with Crippen molar-refractivity contribution in [3.63, 3.8) is 0 Å². The van der Waals surface area contributed by atoms with E-state index in [0.29, 0.717) is 0 Å². The molecule has 0 radical (unpaired) electrons. The van der Waals surface area contributed by atoms with E-state index in [1.165, 1.54) is 12.1 Å².